The van der Waals surface area contributed by atoms with Gasteiger partial charge in [-0.05, 0) is 0 Å². The average Bonchev–Trinajstić information content (AvgIpc) is 3.71. The fourth-order valence-corrected chi connectivity index (χ4v) is 6.36. The Morgan fingerprint density at radius 1 is 1.29 bits per heavy atom. The maximum Gasteiger partial charge on any atom is 0.352 e. The van der Waals surface area contributed by atoms with Crippen LogP contribution in [0.2, 0.25) is 0 Å². The van der Waals surface area contributed by atoms with Gasteiger partial charge in [0, 0.05) is 29.7 Å². The molecule has 0 aromatic carbocycles. The Bertz CT molecular complexity index is 1480. The fraction of sp³-hybridized carbons (Fsp3) is 0.348. The van der Waals surface area contributed by atoms with Crippen LogP contribution in [0, 0.1) is 0 Å². The van der Waals surface area contributed by atoms with Gasteiger partial charge in [-0.2, -0.15) is 0 Å². The van der Waals surface area contributed by atoms with E-state index in [0.29, 0.717) is 5.69 Å². The topological polar surface area (TPSA) is 230 Å². The molecular formula is C23H24N8O9S2. The van der Waals surface area contributed by atoms with Crippen molar-refractivity contribution < 1.29 is 43.0 Å². The van der Waals surface area contributed by atoms with Gasteiger partial charge in [-0.25, -0.2) is 29.3 Å². The lowest BCUT2D eigenvalue weighted by atomic mass is 10.0. The monoisotopic (exact) mass is 620 g/mol. The molecule has 3 aliphatic rings. The van der Waals surface area contributed by atoms with E-state index in [1.807, 2.05) is 0 Å². The maximum absolute atomic E-state index is 13.4. The first-order chi connectivity index (χ1) is 20.0. The van der Waals surface area contributed by atoms with E-state index in [4.69, 9.17) is 14.9 Å². The third kappa shape index (κ3) is 5.55. The van der Waals surface area contributed by atoms with Gasteiger partial charge in [-0.15, -0.1) is 23.1 Å². The van der Waals surface area contributed by atoms with E-state index in [9.17, 15) is 33.9 Å². The number of aromatic nitrogens is 1. The summed E-state index contributed by atoms with van der Waals surface area (Å²) in [6.07, 6.45) is 2.79. The first-order valence-electron chi connectivity index (χ1n) is 12.3. The molecule has 1 unspecified atom stereocenters. The number of hydrogen-bond acceptors (Lipinski definition) is 13. The molecule has 42 heavy (non-hydrogen) atoms. The second kappa shape index (κ2) is 11.6. The number of hydrogen-bond donors (Lipinski definition) is 5. The van der Waals surface area contributed by atoms with Crippen molar-refractivity contribution in [3.8, 4) is 0 Å². The molecule has 0 saturated carbocycles. The molecule has 0 aliphatic carbocycles. The average molecular weight is 621 g/mol. The number of anilines is 2. The minimum Gasteiger partial charge on any atom is -0.477 e. The number of nitrogen functional groups attached to an aromatic ring is 1. The number of imide groups is 1. The molecule has 19 heteroatoms. The normalized spacial score (nSPS) is 20.5. The molecule has 2 aromatic rings. The predicted molar refractivity (Wildman–Crippen MR) is 145 cm³/mol. The first kappa shape index (κ1) is 28.7. The number of nitrogens with zero attached hydrogens (tertiary/aromatic N) is 4. The van der Waals surface area contributed by atoms with E-state index in [1.165, 1.54) is 41.6 Å². The summed E-state index contributed by atoms with van der Waals surface area (Å²) in [6, 6.07) is -2.52. The predicted octanol–water partition coefficient (Wildman–Crippen LogP) is 0.135. The number of aliphatic carboxylic acids is 1. The zero-order chi connectivity index (χ0) is 30.1. The van der Waals surface area contributed by atoms with Crippen molar-refractivity contribution in [2.75, 3.05) is 36.6 Å². The van der Waals surface area contributed by atoms with Crippen molar-refractivity contribution in [3.63, 3.8) is 0 Å². The standard InChI is InChI=1S/C23H24N8O9S2/c1-10(32)40-6-11-8-41-19-15(18(34)31(19)16(11)20(35)36)26-17(33)14(13-9-42-21(24)25-13)27-22(37)29-3-4-30(23(29)38)28-12-2-5-39-7-12/h2,5,7,9,14-15,19,28H,3-4,6,8H2,1H3,(H2,24,25)(H,26,33)(H,27,37)(H,35,36)/t14?,15-,19-/m1/s1. The van der Waals surface area contributed by atoms with Crippen LogP contribution < -0.4 is 21.8 Å². The van der Waals surface area contributed by atoms with E-state index in [1.54, 1.807) is 6.07 Å². The van der Waals surface area contributed by atoms with Gasteiger partial charge in [0.05, 0.1) is 30.7 Å². The molecule has 2 fully saturated rings. The molecule has 6 N–H and O–H groups in total. The lowest BCUT2D eigenvalue weighted by molar-refractivity contribution is -0.151. The van der Waals surface area contributed by atoms with Gasteiger partial charge in [0.2, 0.25) is 5.91 Å². The summed E-state index contributed by atoms with van der Waals surface area (Å²) in [5.74, 6) is -3.36. The second-order valence-corrected chi connectivity index (χ2v) is 11.1. The van der Waals surface area contributed by atoms with Gasteiger partial charge in [-0.1, -0.05) is 0 Å². The van der Waals surface area contributed by atoms with Crippen molar-refractivity contribution >= 4 is 69.7 Å². The highest BCUT2D eigenvalue weighted by molar-refractivity contribution is 8.00. The van der Waals surface area contributed by atoms with Crippen molar-refractivity contribution in [1.82, 2.24) is 30.4 Å². The Balaban J connectivity index is 1.28. The zero-order valence-electron chi connectivity index (χ0n) is 21.8. The first-order valence-corrected chi connectivity index (χ1v) is 14.2. The summed E-state index contributed by atoms with van der Waals surface area (Å²) >= 11 is 2.20. The number of fused-ring (bicyclic) bond motifs is 1. The molecule has 0 spiro atoms. The number of nitrogens with one attached hydrogen (secondary N) is 3. The van der Waals surface area contributed by atoms with Crippen molar-refractivity contribution in [2.24, 2.45) is 0 Å². The number of carbonyl (C=O) groups is 6. The van der Waals surface area contributed by atoms with E-state index in [0.717, 1.165) is 21.1 Å². The van der Waals surface area contributed by atoms with Crippen LogP contribution in [0.5, 0.6) is 0 Å². The minimum absolute atomic E-state index is 0.0117. The van der Waals surface area contributed by atoms with Crippen molar-refractivity contribution in [2.45, 2.75) is 24.4 Å². The Hall–Kier alpha value is -4.78. The van der Waals surface area contributed by atoms with Crippen LogP contribution in [0.3, 0.4) is 0 Å². The van der Waals surface area contributed by atoms with Crippen LogP contribution in [0.15, 0.2) is 39.7 Å². The number of β-lactam (4-membered cyclic amide) rings is 1. The van der Waals surface area contributed by atoms with Crippen LogP contribution in [-0.4, -0.2) is 97.6 Å². The van der Waals surface area contributed by atoms with Gasteiger partial charge in [0.1, 0.15) is 30.0 Å². The van der Waals surface area contributed by atoms with Crippen LogP contribution in [-0.2, 0) is 23.9 Å². The van der Waals surface area contributed by atoms with Crippen molar-refractivity contribution in [1.29, 1.82) is 0 Å². The third-order valence-electron chi connectivity index (χ3n) is 6.40. The Kier molecular flexibility index (Phi) is 7.94. The summed E-state index contributed by atoms with van der Waals surface area (Å²) < 4.78 is 9.88. The lowest BCUT2D eigenvalue weighted by Gasteiger charge is -2.49. The molecule has 3 aliphatic heterocycles. The molecule has 5 rings (SSSR count). The molecule has 0 bridgehead atoms. The van der Waals surface area contributed by atoms with Crippen LogP contribution >= 0.6 is 23.1 Å². The lowest BCUT2D eigenvalue weighted by Crippen LogP contribution is -2.71. The number of carbonyl (C=O) groups excluding carboxylic acids is 5. The molecule has 3 atom stereocenters. The highest BCUT2D eigenvalue weighted by Gasteiger charge is 2.54. The number of ether oxygens (including phenoxy) is 1. The van der Waals surface area contributed by atoms with Gasteiger partial charge < -0.3 is 30.6 Å². The number of esters is 1. The summed E-state index contributed by atoms with van der Waals surface area (Å²) in [5, 5.41) is 16.8. The number of urea groups is 2. The van der Waals surface area contributed by atoms with Crippen LogP contribution in [0.4, 0.5) is 20.4 Å². The number of thiazole rings is 1. The van der Waals surface area contributed by atoms with Gasteiger partial charge in [0.15, 0.2) is 11.2 Å². The van der Waals surface area contributed by atoms with E-state index < -0.39 is 53.3 Å². The molecular weight excluding hydrogens is 596 g/mol. The fourth-order valence-electron chi connectivity index (χ4n) is 4.44. The Morgan fingerprint density at radius 3 is 2.71 bits per heavy atom. The number of carboxylic acid groups (broad SMARTS) is 1. The van der Waals surface area contributed by atoms with Gasteiger partial charge >= 0.3 is 24.0 Å². The number of hydrazine groups is 1. The summed E-state index contributed by atoms with van der Waals surface area (Å²) in [4.78, 5) is 81.6. The number of thioether (sulfide) groups is 1. The van der Waals surface area contributed by atoms with E-state index in [2.05, 4.69) is 21.0 Å². The van der Waals surface area contributed by atoms with E-state index in [-0.39, 0.29) is 47.5 Å². The van der Waals surface area contributed by atoms with E-state index >= 15 is 0 Å². The number of nitrogens with two attached hydrogens (primary N) is 1. The van der Waals surface area contributed by atoms with Crippen LogP contribution in [0.1, 0.15) is 18.7 Å². The van der Waals surface area contributed by atoms with Gasteiger partial charge in [0.25, 0.3) is 5.91 Å². The number of furan rings is 1. The second-order valence-electron chi connectivity index (χ2n) is 9.14. The molecule has 17 nitrogen and oxygen atoms in total. The van der Waals surface area contributed by atoms with Crippen LogP contribution in [0.25, 0.3) is 0 Å². The quantitative estimate of drug-likeness (QED) is 0.186. The zero-order valence-corrected chi connectivity index (χ0v) is 23.4. The molecule has 2 aromatic heterocycles. The number of carboxylic acids is 1. The SMILES string of the molecule is CC(=O)OCC1=C(C(=O)O)N2C(=O)[C@@H](NC(=O)C(NC(=O)N3CCN(Nc4ccoc4)C3=O)c3csc(N)n3)[C@H]2SC1. The molecule has 5 heterocycles. The highest BCUT2D eigenvalue weighted by Crippen LogP contribution is 2.40. The molecule has 6 amide bonds. The molecule has 2 saturated heterocycles. The summed E-state index contributed by atoms with van der Waals surface area (Å²) in [6.45, 7) is 1.06. The number of amides is 6. The third-order valence-corrected chi connectivity index (χ3v) is 8.43. The minimum atomic E-state index is -1.43. The Labute approximate surface area is 245 Å². The highest BCUT2D eigenvalue weighted by atomic mass is 32.2. The largest absolute Gasteiger partial charge is 0.477 e. The van der Waals surface area contributed by atoms with Crippen molar-refractivity contribution in [3.05, 3.63) is 40.9 Å². The van der Waals surface area contributed by atoms with Gasteiger partial charge in [-0.3, -0.25) is 24.7 Å². The Morgan fingerprint density at radius 2 is 2.07 bits per heavy atom. The summed E-state index contributed by atoms with van der Waals surface area (Å²) in [5.41, 5.74) is 9.07. The summed E-state index contributed by atoms with van der Waals surface area (Å²) in [7, 11) is 0. The number of rotatable bonds is 9. The molecule has 0 radical (unpaired) electrons. The smallest absolute Gasteiger partial charge is 0.352 e. The molecule has 222 valence electrons. The maximum atomic E-state index is 13.4.